The highest BCUT2D eigenvalue weighted by atomic mass is 32.2. The summed E-state index contributed by atoms with van der Waals surface area (Å²) in [4.78, 5) is 30.5. The average molecular weight is 434 g/mol. The molecule has 0 fully saturated rings. The van der Waals surface area contributed by atoms with E-state index in [0.29, 0.717) is 6.61 Å². The lowest BCUT2D eigenvalue weighted by molar-refractivity contribution is -0.387. The molecule has 0 spiro atoms. The lowest BCUT2D eigenvalue weighted by Gasteiger charge is -2.13. The van der Waals surface area contributed by atoms with E-state index in [9.17, 15) is 14.9 Å². The maximum absolute atomic E-state index is 11.7. The Morgan fingerprint density at radius 3 is 2.53 bits per heavy atom. The quantitative estimate of drug-likeness (QED) is 0.179. The van der Waals surface area contributed by atoms with Crippen LogP contribution in [-0.4, -0.2) is 46.9 Å². The van der Waals surface area contributed by atoms with E-state index in [4.69, 9.17) is 24.2 Å². The minimum absolute atomic E-state index is 0.0566. The van der Waals surface area contributed by atoms with Gasteiger partial charge in [-0.15, -0.1) is 0 Å². The monoisotopic (exact) mass is 434 g/mol. The third-order valence-corrected chi connectivity index (χ3v) is 3.92. The number of benzene rings is 1. The van der Waals surface area contributed by atoms with Crippen molar-refractivity contribution in [2.45, 2.75) is 19.0 Å². The minimum atomic E-state index is -0.783. The van der Waals surface area contributed by atoms with Crippen LogP contribution in [0.2, 0.25) is 0 Å². The third kappa shape index (κ3) is 5.71. The molecule has 2 aromatic rings. The van der Waals surface area contributed by atoms with Gasteiger partial charge in [-0.3, -0.25) is 10.1 Å². The van der Waals surface area contributed by atoms with Crippen LogP contribution in [0.15, 0.2) is 23.4 Å². The van der Waals surface area contributed by atoms with Crippen LogP contribution < -0.4 is 14.2 Å². The number of aromatic nitrogens is 2. The second-order valence-electron chi connectivity index (χ2n) is 5.33. The molecule has 0 N–H and O–H groups in total. The number of carbonyl (C=O) groups is 1. The fourth-order valence-electron chi connectivity index (χ4n) is 2.18. The summed E-state index contributed by atoms with van der Waals surface area (Å²) in [5, 5.41) is 20.9. The SMILES string of the molecule is CCOC(=O)COc1nc(SC)nc(Oc2cc(C#N)ccc2OCC)c1[N+](=O)[O-]. The van der Waals surface area contributed by atoms with E-state index in [0.717, 1.165) is 11.8 Å². The molecule has 2 rings (SSSR count). The predicted molar refractivity (Wildman–Crippen MR) is 105 cm³/mol. The van der Waals surface area contributed by atoms with Crippen molar-refractivity contribution < 1.29 is 28.7 Å². The number of hydrogen-bond acceptors (Lipinski definition) is 11. The number of carbonyl (C=O) groups excluding carboxylic acids is 1. The van der Waals surface area contributed by atoms with Gasteiger partial charge in [-0.25, -0.2) is 4.79 Å². The molecule has 0 radical (unpaired) electrons. The summed E-state index contributed by atoms with van der Waals surface area (Å²) in [7, 11) is 0. The first-order valence-corrected chi connectivity index (χ1v) is 9.89. The summed E-state index contributed by atoms with van der Waals surface area (Å²) in [6, 6.07) is 6.36. The molecule has 0 unspecified atom stereocenters. The van der Waals surface area contributed by atoms with Gasteiger partial charge in [0, 0.05) is 6.07 Å². The van der Waals surface area contributed by atoms with Crippen LogP contribution in [0.3, 0.4) is 0 Å². The number of nitrogens with zero attached hydrogens (tertiary/aromatic N) is 4. The van der Waals surface area contributed by atoms with Crippen LogP contribution in [0.4, 0.5) is 5.69 Å². The van der Waals surface area contributed by atoms with Gasteiger partial charge in [0.1, 0.15) is 0 Å². The van der Waals surface area contributed by atoms with E-state index >= 15 is 0 Å². The molecule has 0 saturated carbocycles. The van der Waals surface area contributed by atoms with E-state index in [-0.39, 0.29) is 28.8 Å². The Labute approximate surface area is 176 Å². The Bertz CT molecular complexity index is 978. The first-order chi connectivity index (χ1) is 14.4. The van der Waals surface area contributed by atoms with Crippen molar-refractivity contribution in [3.8, 4) is 29.3 Å². The molecule has 0 saturated heterocycles. The van der Waals surface area contributed by atoms with Crippen LogP contribution in [0.5, 0.6) is 23.3 Å². The Morgan fingerprint density at radius 1 is 1.20 bits per heavy atom. The highest BCUT2D eigenvalue weighted by Crippen LogP contribution is 2.40. The molecule has 12 heteroatoms. The normalized spacial score (nSPS) is 10.1. The Hall–Kier alpha value is -3.59. The molecule has 1 aromatic carbocycles. The molecule has 0 bridgehead atoms. The summed E-state index contributed by atoms with van der Waals surface area (Å²) < 4.78 is 21.1. The standard InChI is InChI=1S/C18H18N4O7S/c1-4-26-12-7-6-11(9-19)8-13(12)29-17-15(22(24)25)16(20-18(21-17)30-3)28-10-14(23)27-5-2/h6-8H,4-5,10H2,1-3H3. The molecule has 11 nitrogen and oxygen atoms in total. The number of thioether (sulfide) groups is 1. The number of nitriles is 1. The van der Waals surface area contributed by atoms with Crippen molar-refractivity contribution >= 4 is 23.4 Å². The van der Waals surface area contributed by atoms with E-state index in [1.165, 1.54) is 18.2 Å². The van der Waals surface area contributed by atoms with Gasteiger partial charge in [0.05, 0.1) is 29.8 Å². The lowest BCUT2D eigenvalue weighted by Crippen LogP contribution is -2.16. The van der Waals surface area contributed by atoms with Gasteiger partial charge in [-0.1, -0.05) is 11.8 Å². The zero-order chi connectivity index (χ0) is 22.1. The molecule has 30 heavy (non-hydrogen) atoms. The van der Waals surface area contributed by atoms with Gasteiger partial charge < -0.3 is 18.9 Å². The number of hydrogen-bond donors (Lipinski definition) is 0. The Balaban J connectivity index is 2.51. The Kier molecular flexibility index (Phi) is 8.18. The van der Waals surface area contributed by atoms with E-state index in [1.807, 2.05) is 6.07 Å². The number of nitro groups is 1. The molecule has 0 aliphatic rings. The van der Waals surface area contributed by atoms with Gasteiger partial charge in [0.25, 0.3) is 0 Å². The van der Waals surface area contributed by atoms with Crippen molar-refractivity contribution in [1.82, 2.24) is 9.97 Å². The van der Waals surface area contributed by atoms with Gasteiger partial charge >= 0.3 is 23.4 Å². The molecule has 0 amide bonds. The van der Waals surface area contributed by atoms with E-state index in [1.54, 1.807) is 20.1 Å². The van der Waals surface area contributed by atoms with Gasteiger partial charge in [0.15, 0.2) is 23.3 Å². The summed E-state index contributed by atoms with van der Waals surface area (Å²) >= 11 is 1.09. The van der Waals surface area contributed by atoms with Crippen LogP contribution in [0, 0.1) is 21.4 Å². The van der Waals surface area contributed by atoms with Crippen LogP contribution in [0.1, 0.15) is 19.4 Å². The fourth-order valence-corrected chi connectivity index (χ4v) is 2.53. The number of esters is 1. The van der Waals surface area contributed by atoms with Gasteiger partial charge in [0.2, 0.25) is 0 Å². The molecule has 0 aliphatic carbocycles. The van der Waals surface area contributed by atoms with E-state index in [2.05, 4.69) is 9.97 Å². The lowest BCUT2D eigenvalue weighted by atomic mass is 10.2. The van der Waals surface area contributed by atoms with Crippen molar-refractivity contribution in [2.24, 2.45) is 0 Å². The van der Waals surface area contributed by atoms with Crippen molar-refractivity contribution in [2.75, 3.05) is 26.1 Å². The minimum Gasteiger partial charge on any atom is -0.490 e. The summed E-state index contributed by atoms with van der Waals surface area (Å²) in [6.07, 6.45) is 1.65. The molecule has 0 atom stereocenters. The molecule has 1 heterocycles. The second-order valence-corrected chi connectivity index (χ2v) is 6.10. The van der Waals surface area contributed by atoms with Crippen molar-refractivity contribution in [3.63, 3.8) is 0 Å². The van der Waals surface area contributed by atoms with Crippen molar-refractivity contribution in [3.05, 3.63) is 33.9 Å². The highest BCUT2D eigenvalue weighted by Gasteiger charge is 2.30. The summed E-state index contributed by atoms with van der Waals surface area (Å²) in [5.41, 5.74) is -0.420. The first kappa shape index (κ1) is 22.7. The zero-order valence-electron chi connectivity index (χ0n) is 16.4. The van der Waals surface area contributed by atoms with Gasteiger partial charge in [-0.2, -0.15) is 15.2 Å². The Morgan fingerprint density at radius 2 is 1.93 bits per heavy atom. The topological polar surface area (TPSA) is 147 Å². The smallest absolute Gasteiger partial charge is 0.392 e. The largest absolute Gasteiger partial charge is 0.490 e. The van der Waals surface area contributed by atoms with Crippen LogP contribution >= 0.6 is 11.8 Å². The fraction of sp³-hybridized carbons (Fsp3) is 0.333. The number of rotatable bonds is 10. The highest BCUT2D eigenvalue weighted by molar-refractivity contribution is 7.98. The first-order valence-electron chi connectivity index (χ1n) is 8.67. The summed E-state index contributed by atoms with van der Waals surface area (Å²) in [6.45, 7) is 3.23. The maximum Gasteiger partial charge on any atom is 0.392 e. The number of ether oxygens (including phenoxy) is 4. The van der Waals surface area contributed by atoms with Crippen LogP contribution in [-0.2, 0) is 9.53 Å². The summed E-state index contributed by atoms with van der Waals surface area (Å²) in [5.74, 6) is -1.25. The molecule has 158 valence electrons. The second kappa shape index (κ2) is 10.8. The van der Waals surface area contributed by atoms with Crippen LogP contribution in [0.25, 0.3) is 0 Å². The molecule has 1 aromatic heterocycles. The van der Waals surface area contributed by atoms with Crippen molar-refractivity contribution in [1.29, 1.82) is 5.26 Å². The van der Waals surface area contributed by atoms with E-state index < -0.39 is 34.9 Å². The third-order valence-electron chi connectivity index (χ3n) is 3.38. The average Bonchev–Trinajstić information content (AvgIpc) is 2.73. The maximum atomic E-state index is 11.7. The predicted octanol–water partition coefficient (Wildman–Crippen LogP) is 3.11. The molecule has 0 aliphatic heterocycles. The zero-order valence-corrected chi connectivity index (χ0v) is 17.2. The van der Waals surface area contributed by atoms with Gasteiger partial charge in [-0.05, 0) is 32.2 Å². The molecular formula is C18H18N4O7S. The molecular weight excluding hydrogens is 416 g/mol.